The summed E-state index contributed by atoms with van der Waals surface area (Å²) in [6.07, 6.45) is 4.46. The second-order valence-corrected chi connectivity index (χ2v) is 8.12. The Hall–Kier alpha value is -1.63. The van der Waals surface area contributed by atoms with Crippen molar-refractivity contribution in [2.45, 2.75) is 71.2 Å². The van der Waals surface area contributed by atoms with Gasteiger partial charge >= 0.3 is 0 Å². The highest BCUT2D eigenvalue weighted by Crippen LogP contribution is 2.52. The van der Waals surface area contributed by atoms with Crippen LogP contribution in [0.4, 0.5) is 0 Å². The molecule has 1 aromatic heterocycles. The first-order valence-electron chi connectivity index (χ1n) is 9.57. The van der Waals surface area contributed by atoms with Crippen LogP contribution in [-0.2, 0) is 24.1 Å². The third-order valence-corrected chi connectivity index (χ3v) is 6.18. The number of aryl methyl sites for hydroxylation is 2. The van der Waals surface area contributed by atoms with Crippen molar-refractivity contribution in [3.8, 4) is 0 Å². The van der Waals surface area contributed by atoms with E-state index in [4.69, 9.17) is 4.74 Å². The zero-order chi connectivity index (χ0) is 17.6. The number of fused-ring (bicyclic) bond motifs is 2. The van der Waals surface area contributed by atoms with Crippen LogP contribution in [0.1, 0.15) is 45.3 Å². The minimum Gasteiger partial charge on any atom is -0.377 e. The highest BCUT2D eigenvalue weighted by molar-refractivity contribution is 5.80. The molecule has 2 N–H and O–H groups in total. The third-order valence-electron chi connectivity index (χ3n) is 6.18. The topological polar surface area (TPSA) is 76.4 Å². The maximum absolute atomic E-state index is 5.90. The van der Waals surface area contributed by atoms with Crippen LogP contribution in [0.5, 0.6) is 0 Å². The van der Waals surface area contributed by atoms with Gasteiger partial charge in [0.25, 0.3) is 0 Å². The summed E-state index contributed by atoms with van der Waals surface area (Å²) < 4.78 is 7.95. The summed E-state index contributed by atoms with van der Waals surface area (Å²) in [6.45, 7) is 8.42. The summed E-state index contributed by atoms with van der Waals surface area (Å²) in [4.78, 5) is 9.06. The van der Waals surface area contributed by atoms with Crippen molar-refractivity contribution in [1.29, 1.82) is 0 Å². The molecule has 3 heterocycles. The van der Waals surface area contributed by atoms with E-state index in [0.29, 0.717) is 24.1 Å². The summed E-state index contributed by atoms with van der Waals surface area (Å²) in [5.41, 5.74) is 0.153. The molecule has 138 valence electrons. The number of hydrogen-bond donors (Lipinski definition) is 2. The van der Waals surface area contributed by atoms with Crippen LogP contribution < -0.4 is 10.6 Å². The van der Waals surface area contributed by atoms with Gasteiger partial charge in [0, 0.05) is 49.9 Å². The van der Waals surface area contributed by atoms with E-state index in [1.807, 2.05) is 7.05 Å². The Bertz CT molecular complexity index is 667. The Balaban J connectivity index is 1.38. The third kappa shape index (κ3) is 2.82. The predicted molar refractivity (Wildman–Crippen MR) is 96.6 cm³/mol. The van der Waals surface area contributed by atoms with E-state index in [9.17, 15) is 0 Å². The number of ether oxygens (including phenoxy) is 1. The summed E-state index contributed by atoms with van der Waals surface area (Å²) in [5, 5.41) is 11.9. The summed E-state index contributed by atoms with van der Waals surface area (Å²) in [5.74, 6) is 3.56. The van der Waals surface area contributed by atoms with Crippen molar-refractivity contribution >= 4 is 5.96 Å². The Morgan fingerprint density at radius 3 is 2.96 bits per heavy atom. The molecule has 3 aliphatic rings. The first kappa shape index (κ1) is 16.8. The lowest BCUT2D eigenvalue weighted by molar-refractivity contribution is -0.106. The molecular formula is C18H30N6O. The monoisotopic (exact) mass is 346 g/mol. The Labute approximate surface area is 149 Å². The number of nitrogens with zero attached hydrogens (tertiary/aromatic N) is 4. The van der Waals surface area contributed by atoms with Gasteiger partial charge in [-0.1, -0.05) is 20.8 Å². The van der Waals surface area contributed by atoms with Gasteiger partial charge < -0.3 is 15.4 Å². The second kappa shape index (κ2) is 6.27. The molecule has 0 aromatic carbocycles. The quantitative estimate of drug-likeness (QED) is 0.634. The molecule has 4 atom stereocenters. The molecule has 4 rings (SSSR count). The van der Waals surface area contributed by atoms with E-state index in [1.54, 1.807) is 0 Å². The Morgan fingerprint density at radius 1 is 1.36 bits per heavy atom. The molecule has 1 aromatic rings. The van der Waals surface area contributed by atoms with Crippen molar-refractivity contribution < 1.29 is 4.74 Å². The molecular weight excluding hydrogens is 316 g/mol. The number of guanidine groups is 1. The zero-order valence-corrected chi connectivity index (χ0v) is 15.7. The number of hydrogen-bond acceptors (Lipinski definition) is 4. The number of nitrogens with one attached hydrogen (secondary N) is 2. The Morgan fingerprint density at radius 2 is 2.20 bits per heavy atom. The fourth-order valence-corrected chi connectivity index (χ4v) is 4.76. The minimum absolute atomic E-state index is 0.153. The summed E-state index contributed by atoms with van der Waals surface area (Å²) in [7, 11) is 1.85. The maximum atomic E-state index is 5.90. The molecule has 25 heavy (non-hydrogen) atoms. The normalized spacial score (nSPS) is 33.4. The Kier molecular flexibility index (Phi) is 4.22. The van der Waals surface area contributed by atoms with Crippen LogP contribution in [0.15, 0.2) is 4.99 Å². The largest absolute Gasteiger partial charge is 0.377 e. The predicted octanol–water partition coefficient (Wildman–Crippen LogP) is 1.13. The minimum atomic E-state index is 0.153. The van der Waals surface area contributed by atoms with Crippen LogP contribution in [-0.4, -0.2) is 52.6 Å². The van der Waals surface area contributed by atoms with Crippen LogP contribution >= 0.6 is 0 Å². The molecule has 1 saturated heterocycles. The maximum Gasteiger partial charge on any atom is 0.191 e. The van der Waals surface area contributed by atoms with Gasteiger partial charge in [-0.2, -0.15) is 5.10 Å². The average molecular weight is 346 g/mol. The van der Waals surface area contributed by atoms with E-state index in [0.717, 1.165) is 56.4 Å². The number of rotatable bonds is 3. The van der Waals surface area contributed by atoms with Gasteiger partial charge in [-0.3, -0.25) is 4.99 Å². The molecule has 2 aliphatic heterocycles. The highest BCUT2D eigenvalue weighted by atomic mass is 16.5. The van der Waals surface area contributed by atoms with Crippen molar-refractivity contribution in [1.82, 2.24) is 25.4 Å². The lowest BCUT2D eigenvalue weighted by Crippen LogP contribution is -2.68. The molecule has 7 nitrogen and oxygen atoms in total. The smallest absolute Gasteiger partial charge is 0.191 e. The van der Waals surface area contributed by atoms with Crippen LogP contribution in [0.2, 0.25) is 0 Å². The fourth-order valence-electron chi connectivity index (χ4n) is 4.76. The molecule has 0 bridgehead atoms. The van der Waals surface area contributed by atoms with E-state index in [1.165, 1.54) is 0 Å². The van der Waals surface area contributed by atoms with Gasteiger partial charge in [0.2, 0.25) is 0 Å². The first-order valence-corrected chi connectivity index (χ1v) is 9.57. The van der Waals surface area contributed by atoms with Gasteiger partial charge in [0.05, 0.1) is 12.6 Å². The molecule has 2 fully saturated rings. The van der Waals surface area contributed by atoms with Gasteiger partial charge in [0.1, 0.15) is 5.82 Å². The molecule has 1 saturated carbocycles. The molecule has 0 spiro atoms. The molecule has 7 heteroatoms. The standard InChI is InChI=1S/C18H30N6O/c1-5-13-21-14-7-6-11(10-24(14)23-13)20-17(19-4)22-15-12-8-9-25-16(12)18(15,2)3/h11-12,15-16H,5-10H2,1-4H3,(H2,19,20,22). The van der Waals surface area contributed by atoms with Crippen LogP contribution in [0.25, 0.3) is 0 Å². The number of aromatic nitrogens is 3. The fraction of sp³-hybridized carbons (Fsp3) is 0.833. The highest BCUT2D eigenvalue weighted by Gasteiger charge is 2.59. The van der Waals surface area contributed by atoms with E-state index in [-0.39, 0.29) is 5.41 Å². The van der Waals surface area contributed by atoms with E-state index < -0.39 is 0 Å². The summed E-state index contributed by atoms with van der Waals surface area (Å²) in [6, 6.07) is 0.757. The summed E-state index contributed by atoms with van der Waals surface area (Å²) >= 11 is 0. The molecule has 1 aliphatic carbocycles. The average Bonchev–Trinajstić information content (AvgIpc) is 3.23. The van der Waals surface area contributed by atoms with E-state index in [2.05, 4.69) is 51.2 Å². The lowest BCUT2D eigenvalue weighted by atomic mass is 9.57. The zero-order valence-electron chi connectivity index (χ0n) is 15.7. The van der Waals surface area contributed by atoms with Crippen molar-refractivity contribution in [3.05, 3.63) is 11.6 Å². The van der Waals surface area contributed by atoms with Crippen molar-refractivity contribution in [2.75, 3.05) is 13.7 Å². The van der Waals surface area contributed by atoms with Gasteiger partial charge in [-0.05, 0) is 12.8 Å². The van der Waals surface area contributed by atoms with Gasteiger partial charge in [0.15, 0.2) is 11.8 Å². The molecule has 0 radical (unpaired) electrons. The van der Waals surface area contributed by atoms with E-state index >= 15 is 0 Å². The van der Waals surface area contributed by atoms with Crippen molar-refractivity contribution in [2.24, 2.45) is 16.3 Å². The molecule has 0 amide bonds. The van der Waals surface area contributed by atoms with Crippen LogP contribution in [0, 0.1) is 11.3 Å². The lowest BCUT2D eigenvalue weighted by Gasteiger charge is -2.55. The number of aliphatic imine (C=N–C) groups is 1. The molecule has 4 unspecified atom stereocenters. The van der Waals surface area contributed by atoms with Gasteiger partial charge in [-0.25, -0.2) is 9.67 Å². The van der Waals surface area contributed by atoms with Crippen molar-refractivity contribution in [3.63, 3.8) is 0 Å². The van der Waals surface area contributed by atoms with Gasteiger partial charge in [-0.15, -0.1) is 0 Å². The second-order valence-electron chi connectivity index (χ2n) is 8.12. The first-order chi connectivity index (χ1) is 12.0. The SMILES string of the molecule is CCc1nc2n(n1)CC(NC(=NC)NC1C3CCOC3C1(C)C)CC2. The van der Waals surface area contributed by atoms with Crippen LogP contribution in [0.3, 0.4) is 0 Å².